The fourth-order valence-corrected chi connectivity index (χ4v) is 1.61. The van der Waals surface area contributed by atoms with Gasteiger partial charge in [0.1, 0.15) is 0 Å². The molecular weight excluding hydrogens is 158 g/mol. The first-order valence-corrected chi connectivity index (χ1v) is 5.21. The number of nitrogens with one attached hydrogen (secondary N) is 1. The van der Waals surface area contributed by atoms with E-state index in [0.717, 1.165) is 12.1 Å². The van der Waals surface area contributed by atoms with Gasteiger partial charge in [0.15, 0.2) is 0 Å². The second kappa shape index (κ2) is 5.95. The number of hydrogen-bond acceptors (Lipinski definition) is 1. The van der Waals surface area contributed by atoms with E-state index >= 15 is 0 Å². The molecule has 2 unspecified atom stereocenters. The molecule has 0 saturated heterocycles. The van der Waals surface area contributed by atoms with E-state index in [-0.39, 0.29) is 0 Å². The number of hydrogen-bond donors (Lipinski definition) is 1. The van der Waals surface area contributed by atoms with Crippen LogP contribution in [0.3, 0.4) is 0 Å². The van der Waals surface area contributed by atoms with Crippen LogP contribution in [-0.4, -0.2) is 5.71 Å². The van der Waals surface area contributed by atoms with Gasteiger partial charge in [0, 0.05) is 11.6 Å². The molecule has 0 bridgehead atoms. The third-order valence-corrected chi connectivity index (χ3v) is 2.81. The molecule has 2 atom stereocenters. The molecule has 0 fully saturated rings. The third-order valence-electron chi connectivity index (χ3n) is 2.81. The minimum Gasteiger partial charge on any atom is -0.310 e. The first-order valence-electron chi connectivity index (χ1n) is 5.21. The second-order valence-electron chi connectivity index (χ2n) is 4.07. The van der Waals surface area contributed by atoms with Gasteiger partial charge in [-0.15, -0.1) is 0 Å². The van der Waals surface area contributed by atoms with Gasteiger partial charge in [-0.3, -0.25) is 0 Å². The van der Waals surface area contributed by atoms with Crippen LogP contribution in [-0.2, 0) is 0 Å². The van der Waals surface area contributed by atoms with Gasteiger partial charge in [-0.05, 0) is 26.2 Å². The predicted molar refractivity (Wildman–Crippen MR) is 60.4 cm³/mol. The van der Waals surface area contributed by atoms with E-state index in [1.165, 1.54) is 18.4 Å². The van der Waals surface area contributed by atoms with E-state index in [4.69, 9.17) is 5.41 Å². The van der Waals surface area contributed by atoms with Gasteiger partial charge in [0.05, 0.1) is 0 Å². The Morgan fingerprint density at radius 1 is 1.38 bits per heavy atom. The van der Waals surface area contributed by atoms with Crippen LogP contribution in [0.2, 0.25) is 0 Å². The summed E-state index contributed by atoms with van der Waals surface area (Å²) >= 11 is 0. The Labute approximate surface area is 82.7 Å². The van der Waals surface area contributed by atoms with Gasteiger partial charge in [0.25, 0.3) is 0 Å². The lowest BCUT2D eigenvalue weighted by Crippen LogP contribution is -2.19. The van der Waals surface area contributed by atoms with Crippen molar-refractivity contribution < 1.29 is 0 Å². The van der Waals surface area contributed by atoms with Crippen molar-refractivity contribution in [2.24, 2.45) is 11.8 Å². The molecule has 1 heteroatoms. The summed E-state index contributed by atoms with van der Waals surface area (Å²) in [6.45, 7) is 12.3. The van der Waals surface area contributed by atoms with Crippen LogP contribution in [0.5, 0.6) is 0 Å². The molecule has 76 valence electrons. The molecule has 0 heterocycles. The second-order valence-corrected chi connectivity index (χ2v) is 4.07. The molecule has 0 rings (SSSR count). The fourth-order valence-electron chi connectivity index (χ4n) is 1.61. The van der Waals surface area contributed by atoms with Crippen molar-refractivity contribution in [2.45, 2.75) is 47.0 Å². The molecule has 0 aromatic rings. The average molecular weight is 181 g/mol. The van der Waals surface area contributed by atoms with Gasteiger partial charge in [-0.2, -0.15) is 0 Å². The van der Waals surface area contributed by atoms with Gasteiger partial charge < -0.3 is 5.41 Å². The SMILES string of the molecule is C=C(C)C(C)C(CCCC)C(C)=N. The molecule has 0 saturated carbocycles. The van der Waals surface area contributed by atoms with Crippen molar-refractivity contribution in [3.63, 3.8) is 0 Å². The molecule has 0 spiro atoms. The molecule has 0 radical (unpaired) electrons. The van der Waals surface area contributed by atoms with E-state index in [0.29, 0.717) is 11.8 Å². The normalized spacial score (nSPS) is 15.1. The lowest BCUT2D eigenvalue weighted by Gasteiger charge is -2.23. The number of allylic oxidation sites excluding steroid dienone is 1. The Bertz CT molecular complexity index is 182. The van der Waals surface area contributed by atoms with Crippen LogP contribution < -0.4 is 0 Å². The summed E-state index contributed by atoms with van der Waals surface area (Å²) < 4.78 is 0. The lowest BCUT2D eigenvalue weighted by atomic mass is 9.82. The van der Waals surface area contributed by atoms with Crippen LogP contribution in [0.1, 0.15) is 47.0 Å². The molecule has 1 N–H and O–H groups in total. The van der Waals surface area contributed by atoms with Crippen molar-refractivity contribution in [2.75, 3.05) is 0 Å². The quantitative estimate of drug-likeness (QED) is 0.472. The highest BCUT2D eigenvalue weighted by Gasteiger charge is 2.18. The Hall–Kier alpha value is -0.590. The smallest absolute Gasteiger partial charge is 0.00949 e. The predicted octanol–water partition coefficient (Wildman–Crippen LogP) is 4.04. The Kier molecular flexibility index (Phi) is 5.68. The van der Waals surface area contributed by atoms with Crippen LogP contribution in [0, 0.1) is 17.2 Å². The Balaban J connectivity index is 4.24. The van der Waals surface area contributed by atoms with E-state index in [2.05, 4.69) is 27.4 Å². The van der Waals surface area contributed by atoms with Crippen LogP contribution in [0.25, 0.3) is 0 Å². The van der Waals surface area contributed by atoms with E-state index in [1.54, 1.807) is 0 Å². The maximum atomic E-state index is 7.71. The first kappa shape index (κ1) is 12.4. The highest BCUT2D eigenvalue weighted by atomic mass is 14.4. The van der Waals surface area contributed by atoms with Crippen molar-refractivity contribution in [3.05, 3.63) is 12.2 Å². The lowest BCUT2D eigenvalue weighted by molar-refractivity contribution is 0.464. The van der Waals surface area contributed by atoms with Crippen molar-refractivity contribution in [1.82, 2.24) is 0 Å². The monoisotopic (exact) mass is 181 g/mol. The van der Waals surface area contributed by atoms with E-state index in [9.17, 15) is 0 Å². The van der Waals surface area contributed by atoms with Gasteiger partial charge >= 0.3 is 0 Å². The number of unbranched alkanes of at least 4 members (excludes halogenated alkanes) is 1. The highest BCUT2D eigenvalue weighted by molar-refractivity contribution is 5.81. The van der Waals surface area contributed by atoms with E-state index in [1.807, 2.05) is 6.92 Å². The van der Waals surface area contributed by atoms with Crippen molar-refractivity contribution >= 4 is 5.71 Å². The molecule has 0 amide bonds. The molecule has 0 aromatic carbocycles. The molecule has 13 heavy (non-hydrogen) atoms. The average Bonchev–Trinajstić information content (AvgIpc) is 2.04. The molecular formula is C12H23N. The maximum absolute atomic E-state index is 7.71. The summed E-state index contributed by atoms with van der Waals surface area (Å²) in [5.41, 5.74) is 2.01. The largest absolute Gasteiger partial charge is 0.310 e. The van der Waals surface area contributed by atoms with Gasteiger partial charge in [-0.1, -0.05) is 38.8 Å². The summed E-state index contributed by atoms with van der Waals surface area (Å²) in [4.78, 5) is 0. The molecule has 0 aliphatic rings. The molecule has 0 aliphatic heterocycles. The summed E-state index contributed by atoms with van der Waals surface area (Å²) in [6, 6.07) is 0. The molecule has 1 nitrogen and oxygen atoms in total. The minimum atomic E-state index is 0.414. The summed E-state index contributed by atoms with van der Waals surface area (Å²) in [6.07, 6.45) is 3.57. The Morgan fingerprint density at radius 3 is 2.23 bits per heavy atom. The fraction of sp³-hybridized carbons (Fsp3) is 0.750. The Morgan fingerprint density at radius 2 is 1.92 bits per heavy atom. The van der Waals surface area contributed by atoms with Crippen molar-refractivity contribution in [3.8, 4) is 0 Å². The third kappa shape index (κ3) is 4.25. The molecule has 0 aromatic heterocycles. The number of rotatable bonds is 6. The van der Waals surface area contributed by atoms with Crippen LogP contribution in [0.15, 0.2) is 12.2 Å². The van der Waals surface area contributed by atoms with Gasteiger partial charge in [-0.25, -0.2) is 0 Å². The summed E-state index contributed by atoms with van der Waals surface area (Å²) in [5, 5.41) is 7.71. The van der Waals surface area contributed by atoms with Crippen LogP contribution in [0.4, 0.5) is 0 Å². The van der Waals surface area contributed by atoms with E-state index < -0.39 is 0 Å². The summed E-state index contributed by atoms with van der Waals surface area (Å²) in [7, 11) is 0. The first-order chi connectivity index (χ1) is 6.00. The maximum Gasteiger partial charge on any atom is 0.00949 e. The zero-order chi connectivity index (χ0) is 10.4. The topological polar surface area (TPSA) is 23.9 Å². The van der Waals surface area contributed by atoms with Gasteiger partial charge in [0.2, 0.25) is 0 Å². The highest BCUT2D eigenvalue weighted by Crippen LogP contribution is 2.24. The zero-order valence-electron chi connectivity index (χ0n) is 9.48. The zero-order valence-corrected chi connectivity index (χ0v) is 9.48. The molecule has 0 aliphatic carbocycles. The standard InChI is InChI=1S/C12H23N/c1-6-7-8-12(11(5)13)10(4)9(2)3/h10,12-13H,2,6-8H2,1,3-5H3. The van der Waals surface area contributed by atoms with Crippen molar-refractivity contribution in [1.29, 1.82) is 5.41 Å². The summed E-state index contributed by atoms with van der Waals surface area (Å²) in [5.74, 6) is 0.876. The van der Waals surface area contributed by atoms with Crippen LogP contribution >= 0.6 is 0 Å². The minimum absolute atomic E-state index is 0.414.